The van der Waals surface area contributed by atoms with Crippen LogP contribution in [-0.4, -0.2) is 4.98 Å². The van der Waals surface area contributed by atoms with Gasteiger partial charge in [0.2, 0.25) is 5.89 Å². The van der Waals surface area contributed by atoms with Crippen molar-refractivity contribution in [2.75, 3.05) is 9.80 Å². The van der Waals surface area contributed by atoms with Gasteiger partial charge in [-0.25, -0.2) is 4.98 Å². The zero-order valence-electron chi connectivity index (χ0n) is 32.1. The molecule has 0 saturated heterocycles. The molecule has 0 aliphatic rings. The van der Waals surface area contributed by atoms with E-state index < -0.39 is 0 Å². The minimum Gasteiger partial charge on any atom is -0.436 e. The smallest absolute Gasteiger partial charge is 0.227 e. The zero-order chi connectivity index (χ0) is 39.1. The van der Waals surface area contributed by atoms with Crippen LogP contribution >= 0.6 is 0 Å². The highest BCUT2D eigenvalue weighted by Gasteiger charge is 2.19. The Balaban J connectivity index is 1.08. The van der Waals surface area contributed by atoms with E-state index in [9.17, 15) is 0 Å². The Hall–Kier alpha value is -7.95. The lowest BCUT2D eigenvalue weighted by atomic mass is 9.99. The summed E-state index contributed by atoms with van der Waals surface area (Å²) < 4.78 is 6.37. The maximum Gasteiger partial charge on any atom is 0.227 e. The van der Waals surface area contributed by atoms with E-state index in [1.165, 1.54) is 5.56 Å². The molecule has 0 amide bonds. The van der Waals surface area contributed by atoms with E-state index in [2.05, 4.69) is 198 Å². The van der Waals surface area contributed by atoms with Crippen LogP contribution < -0.4 is 9.80 Å². The number of hydrogen-bond donors (Lipinski definition) is 0. The molecule has 1 aromatic heterocycles. The van der Waals surface area contributed by atoms with Gasteiger partial charge in [0.05, 0.1) is 0 Å². The number of rotatable bonds is 8. The molecule has 0 atom stereocenters. The molecule has 11 rings (SSSR count). The Kier molecular flexibility index (Phi) is 8.45. The van der Waals surface area contributed by atoms with Crippen molar-refractivity contribution < 1.29 is 4.42 Å². The first-order valence-electron chi connectivity index (χ1n) is 19.9. The molecular weight excluding hydrogens is 719 g/mol. The molecule has 0 N–H and O–H groups in total. The van der Waals surface area contributed by atoms with Crippen LogP contribution in [0.4, 0.5) is 34.1 Å². The average molecular weight is 756 g/mol. The minimum atomic E-state index is 0.621. The third kappa shape index (κ3) is 6.34. The lowest BCUT2D eigenvalue weighted by molar-refractivity contribution is 0.620. The maximum atomic E-state index is 6.37. The standard InChI is InChI=1S/C55H37N3O/c1-5-14-38(15-6-1)42-18-13-23-47(34-42)58(49-32-28-43-35-48(31-27-44(43)36-49)57(45-19-9-3-10-20-45)46-21-11-4-12-22-46)50-30-26-39-24-25-40-29-33-52-54(53(40)51(39)37-50)56-55(59-52)41-16-7-2-8-17-41/h1-37H. The van der Waals surface area contributed by atoms with Gasteiger partial charge >= 0.3 is 0 Å². The summed E-state index contributed by atoms with van der Waals surface area (Å²) in [6.45, 7) is 0. The Morgan fingerprint density at radius 1 is 0.322 bits per heavy atom. The molecule has 1 heterocycles. The van der Waals surface area contributed by atoms with Gasteiger partial charge in [-0.15, -0.1) is 0 Å². The molecule has 0 fully saturated rings. The number of oxazole rings is 1. The van der Waals surface area contributed by atoms with E-state index >= 15 is 0 Å². The first-order chi connectivity index (χ1) is 29.2. The second kappa shape index (κ2) is 14.5. The van der Waals surface area contributed by atoms with Gasteiger partial charge in [-0.1, -0.05) is 133 Å². The molecule has 11 aromatic rings. The number of fused-ring (bicyclic) bond motifs is 6. The van der Waals surface area contributed by atoms with Gasteiger partial charge in [-0.3, -0.25) is 0 Å². The summed E-state index contributed by atoms with van der Waals surface area (Å²) >= 11 is 0. The van der Waals surface area contributed by atoms with Crippen LogP contribution in [-0.2, 0) is 0 Å². The topological polar surface area (TPSA) is 32.5 Å². The number of aromatic nitrogens is 1. The van der Waals surface area contributed by atoms with Crippen LogP contribution in [0.5, 0.6) is 0 Å². The van der Waals surface area contributed by atoms with Crippen molar-refractivity contribution >= 4 is 77.5 Å². The van der Waals surface area contributed by atoms with Crippen molar-refractivity contribution in [3.63, 3.8) is 0 Å². The minimum absolute atomic E-state index is 0.621. The summed E-state index contributed by atoms with van der Waals surface area (Å²) in [5.74, 6) is 0.621. The number of para-hydroxylation sites is 2. The van der Waals surface area contributed by atoms with Crippen LogP contribution in [0.1, 0.15) is 0 Å². The molecule has 0 spiro atoms. The lowest BCUT2D eigenvalue weighted by Gasteiger charge is -2.27. The quantitative estimate of drug-likeness (QED) is 0.145. The first-order valence-corrected chi connectivity index (χ1v) is 19.9. The summed E-state index contributed by atoms with van der Waals surface area (Å²) in [7, 11) is 0. The van der Waals surface area contributed by atoms with E-state index in [4.69, 9.17) is 9.40 Å². The van der Waals surface area contributed by atoms with Gasteiger partial charge in [0, 0.05) is 45.1 Å². The predicted octanol–water partition coefficient (Wildman–Crippen LogP) is 15.6. The Labute approximate surface area is 342 Å². The first kappa shape index (κ1) is 34.3. The van der Waals surface area contributed by atoms with E-state index in [0.29, 0.717) is 5.89 Å². The molecule has 4 heteroatoms. The molecule has 0 aliphatic carbocycles. The van der Waals surface area contributed by atoms with Gasteiger partial charge in [-0.2, -0.15) is 0 Å². The number of hydrogen-bond acceptors (Lipinski definition) is 4. The van der Waals surface area contributed by atoms with Gasteiger partial charge < -0.3 is 14.2 Å². The van der Waals surface area contributed by atoms with Crippen LogP contribution in [0.3, 0.4) is 0 Å². The monoisotopic (exact) mass is 755 g/mol. The van der Waals surface area contributed by atoms with Crippen LogP contribution in [0.15, 0.2) is 229 Å². The average Bonchev–Trinajstić information content (AvgIpc) is 3.76. The molecule has 10 aromatic carbocycles. The fourth-order valence-corrected chi connectivity index (χ4v) is 8.36. The van der Waals surface area contributed by atoms with Crippen LogP contribution in [0.2, 0.25) is 0 Å². The SMILES string of the molecule is c1ccc(-c2cccc(N(c3ccc4cc(N(c5ccccc5)c5ccccc5)ccc4c3)c3ccc4ccc5ccc6oc(-c7ccccc7)nc6c5c4c3)c2)cc1. The summed E-state index contributed by atoms with van der Waals surface area (Å²) in [4.78, 5) is 9.79. The zero-order valence-corrected chi connectivity index (χ0v) is 32.1. The second-order valence-electron chi connectivity index (χ2n) is 14.8. The van der Waals surface area contributed by atoms with Gasteiger partial charge in [0.15, 0.2) is 5.58 Å². The number of anilines is 6. The second-order valence-corrected chi connectivity index (χ2v) is 14.8. The largest absolute Gasteiger partial charge is 0.436 e. The van der Waals surface area contributed by atoms with E-state index in [0.717, 1.165) is 88.7 Å². The molecule has 0 bridgehead atoms. The summed E-state index contributed by atoms with van der Waals surface area (Å²) in [6, 6.07) is 79.5. The molecule has 0 aliphatic heterocycles. The third-order valence-corrected chi connectivity index (χ3v) is 11.2. The number of nitrogens with zero attached hydrogens (tertiary/aromatic N) is 3. The van der Waals surface area contributed by atoms with Gasteiger partial charge in [-0.05, 0) is 129 Å². The molecule has 0 saturated carbocycles. The van der Waals surface area contributed by atoms with Crippen LogP contribution in [0, 0.1) is 0 Å². The highest BCUT2D eigenvalue weighted by atomic mass is 16.3. The molecule has 0 radical (unpaired) electrons. The van der Waals surface area contributed by atoms with Crippen molar-refractivity contribution in [1.82, 2.24) is 4.98 Å². The van der Waals surface area contributed by atoms with Crippen LogP contribution in [0.25, 0.3) is 66.0 Å². The predicted molar refractivity (Wildman–Crippen MR) is 247 cm³/mol. The fraction of sp³-hybridized carbons (Fsp3) is 0. The molecule has 0 unspecified atom stereocenters. The Morgan fingerprint density at radius 3 is 1.42 bits per heavy atom. The summed E-state index contributed by atoms with van der Waals surface area (Å²) in [5, 5.41) is 6.78. The molecule has 4 nitrogen and oxygen atoms in total. The van der Waals surface area contributed by atoms with E-state index in [-0.39, 0.29) is 0 Å². The van der Waals surface area contributed by atoms with Crippen molar-refractivity contribution in [2.24, 2.45) is 0 Å². The van der Waals surface area contributed by atoms with Crippen molar-refractivity contribution in [3.8, 4) is 22.6 Å². The molecule has 59 heavy (non-hydrogen) atoms. The molecule has 278 valence electrons. The highest BCUT2D eigenvalue weighted by molar-refractivity contribution is 6.19. The number of benzene rings is 10. The van der Waals surface area contributed by atoms with Crippen molar-refractivity contribution in [3.05, 3.63) is 224 Å². The van der Waals surface area contributed by atoms with Gasteiger partial charge in [0.1, 0.15) is 5.52 Å². The Morgan fingerprint density at radius 2 is 0.780 bits per heavy atom. The van der Waals surface area contributed by atoms with Crippen molar-refractivity contribution in [1.29, 1.82) is 0 Å². The normalized spacial score (nSPS) is 11.4. The van der Waals surface area contributed by atoms with Gasteiger partial charge in [0.25, 0.3) is 0 Å². The summed E-state index contributed by atoms with van der Waals surface area (Å²) in [5.41, 5.74) is 11.4. The third-order valence-electron chi connectivity index (χ3n) is 11.2. The van der Waals surface area contributed by atoms with Crippen molar-refractivity contribution in [2.45, 2.75) is 0 Å². The lowest BCUT2D eigenvalue weighted by Crippen LogP contribution is -2.10. The maximum absolute atomic E-state index is 6.37. The Bertz CT molecular complexity index is 3230. The van der Waals surface area contributed by atoms with E-state index in [1.807, 2.05) is 36.4 Å². The molecular formula is C55H37N3O. The summed E-state index contributed by atoms with van der Waals surface area (Å²) in [6.07, 6.45) is 0. The van der Waals surface area contributed by atoms with E-state index in [1.54, 1.807) is 0 Å². The fourth-order valence-electron chi connectivity index (χ4n) is 8.36. The highest BCUT2D eigenvalue weighted by Crippen LogP contribution is 2.43.